The standard InChI is InChI=1S/C7H12O4/c1-3-7(2,4-8)5(9)6(10)11/h4-5,9H,3H2,1-2H3,(H,10,11). The summed E-state index contributed by atoms with van der Waals surface area (Å²) in [7, 11) is 0. The van der Waals surface area contributed by atoms with Crippen LogP contribution in [0.3, 0.4) is 0 Å². The highest BCUT2D eigenvalue weighted by molar-refractivity contribution is 5.79. The van der Waals surface area contributed by atoms with Crippen LogP contribution in [0.1, 0.15) is 20.3 Å². The summed E-state index contributed by atoms with van der Waals surface area (Å²) in [6.07, 6.45) is -0.819. The third-order valence-corrected chi connectivity index (χ3v) is 1.89. The molecule has 0 radical (unpaired) electrons. The van der Waals surface area contributed by atoms with Crippen LogP contribution in [-0.2, 0) is 9.59 Å². The zero-order chi connectivity index (χ0) is 9.07. The molecule has 0 aromatic carbocycles. The monoisotopic (exact) mass is 160 g/mol. The van der Waals surface area contributed by atoms with E-state index < -0.39 is 17.5 Å². The lowest BCUT2D eigenvalue weighted by atomic mass is 9.83. The van der Waals surface area contributed by atoms with Gasteiger partial charge in [-0.1, -0.05) is 6.92 Å². The number of aldehydes is 1. The van der Waals surface area contributed by atoms with E-state index in [1.165, 1.54) is 6.92 Å². The number of carbonyl (C=O) groups excluding carboxylic acids is 1. The molecule has 0 saturated heterocycles. The Balaban J connectivity index is 4.49. The number of carboxylic acid groups (broad SMARTS) is 1. The zero-order valence-corrected chi connectivity index (χ0v) is 6.57. The molecule has 0 amide bonds. The van der Waals surface area contributed by atoms with Gasteiger partial charge in [0.2, 0.25) is 0 Å². The summed E-state index contributed by atoms with van der Waals surface area (Å²) in [5.41, 5.74) is -1.16. The molecule has 2 atom stereocenters. The molecule has 0 aliphatic heterocycles. The summed E-state index contributed by atoms with van der Waals surface area (Å²) in [4.78, 5) is 20.6. The lowest BCUT2D eigenvalue weighted by Gasteiger charge is -2.23. The van der Waals surface area contributed by atoms with Crippen LogP contribution in [-0.4, -0.2) is 28.6 Å². The number of aliphatic hydroxyl groups is 1. The summed E-state index contributed by atoms with van der Waals surface area (Å²) in [6.45, 7) is 3.07. The second-order valence-corrected chi connectivity index (χ2v) is 2.72. The maximum absolute atomic E-state index is 10.4. The van der Waals surface area contributed by atoms with Gasteiger partial charge >= 0.3 is 5.97 Å². The molecule has 2 N–H and O–H groups in total. The first-order chi connectivity index (χ1) is 4.98. The van der Waals surface area contributed by atoms with Crippen molar-refractivity contribution in [2.75, 3.05) is 0 Å². The molecule has 0 aromatic rings. The molecule has 4 heteroatoms. The Morgan fingerprint density at radius 1 is 1.73 bits per heavy atom. The third kappa shape index (κ3) is 2.01. The highest BCUT2D eigenvalue weighted by Crippen LogP contribution is 2.22. The first-order valence-electron chi connectivity index (χ1n) is 3.35. The Morgan fingerprint density at radius 3 is 2.27 bits per heavy atom. The van der Waals surface area contributed by atoms with E-state index in [0.29, 0.717) is 12.7 Å². The van der Waals surface area contributed by atoms with Crippen molar-refractivity contribution in [3.8, 4) is 0 Å². The topological polar surface area (TPSA) is 74.6 Å². The van der Waals surface area contributed by atoms with Crippen molar-refractivity contribution in [3.05, 3.63) is 0 Å². The smallest absolute Gasteiger partial charge is 0.333 e. The zero-order valence-electron chi connectivity index (χ0n) is 6.57. The van der Waals surface area contributed by atoms with Crippen LogP contribution in [0.5, 0.6) is 0 Å². The Hall–Kier alpha value is -0.900. The third-order valence-electron chi connectivity index (χ3n) is 1.89. The molecule has 0 rings (SSSR count). The van der Waals surface area contributed by atoms with E-state index in [1.807, 2.05) is 0 Å². The molecule has 0 aliphatic carbocycles. The van der Waals surface area contributed by atoms with E-state index in [9.17, 15) is 9.59 Å². The van der Waals surface area contributed by atoms with Gasteiger partial charge in [-0.2, -0.15) is 0 Å². The lowest BCUT2D eigenvalue weighted by molar-refractivity contribution is -0.156. The van der Waals surface area contributed by atoms with Crippen LogP contribution in [0.2, 0.25) is 0 Å². The van der Waals surface area contributed by atoms with Gasteiger partial charge in [0.05, 0.1) is 5.41 Å². The molecule has 0 aromatic heterocycles. The number of aliphatic carboxylic acids is 1. The Bertz CT molecular complexity index is 166. The van der Waals surface area contributed by atoms with E-state index in [0.717, 1.165) is 0 Å². The number of carboxylic acids is 1. The lowest BCUT2D eigenvalue weighted by Crippen LogP contribution is -2.39. The van der Waals surface area contributed by atoms with Crippen LogP contribution in [0.15, 0.2) is 0 Å². The first-order valence-corrected chi connectivity index (χ1v) is 3.35. The Labute approximate surface area is 64.8 Å². The van der Waals surface area contributed by atoms with Gasteiger partial charge in [-0.3, -0.25) is 0 Å². The fraction of sp³-hybridized carbons (Fsp3) is 0.714. The van der Waals surface area contributed by atoms with Gasteiger partial charge in [-0.15, -0.1) is 0 Å². The number of rotatable bonds is 4. The van der Waals surface area contributed by atoms with Gasteiger partial charge in [-0.05, 0) is 13.3 Å². The van der Waals surface area contributed by atoms with E-state index >= 15 is 0 Å². The maximum Gasteiger partial charge on any atom is 0.333 e. The molecule has 0 fully saturated rings. The number of hydrogen-bond acceptors (Lipinski definition) is 3. The van der Waals surface area contributed by atoms with E-state index in [2.05, 4.69) is 0 Å². The average molecular weight is 160 g/mol. The van der Waals surface area contributed by atoms with Gasteiger partial charge in [0.1, 0.15) is 6.29 Å². The number of aliphatic hydroxyl groups excluding tert-OH is 1. The van der Waals surface area contributed by atoms with Crippen molar-refractivity contribution in [1.82, 2.24) is 0 Å². The molecule has 0 aliphatic rings. The Morgan fingerprint density at radius 2 is 2.18 bits per heavy atom. The van der Waals surface area contributed by atoms with Gasteiger partial charge in [0, 0.05) is 0 Å². The number of carbonyl (C=O) groups is 2. The van der Waals surface area contributed by atoms with E-state index in [1.54, 1.807) is 6.92 Å². The summed E-state index contributed by atoms with van der Waals surface area (Å²) >= 11 is 0. The van der Waals surface area contributed by atoms with Gasteiger partial charge < -0.3 is 15.0 Å². The number of hydrogen-bond donors (Lipinski definition) is 2. The fourth-order valence-electron chi connectivity index (χ4n) is 0.623. The normalized spacial score (nSPS) is 18.5. The highest BCUT2D eigenvalue weighted by Gasteiger charge is 2.35. The second-order valence-electron chi connectivity index (χ2n) is 2.72. The average Bonchev–Trinajstić information content (AvgIpc) is 2.01. The molecule has 64 valence electrons. The van der Waals surface area contributed by atoms with Crippen molar-refractivity contribution in [2.45, 2.75) is 26.4 Å². The molecular weight excluding hydrogens is 148 g/mol. The SMILES string of the molecule is CCC(C)(C=O)C(O)C(=O)O. The van der Waals surface area contributed by atoms with Crippen LogP contribution in [0.25, 0.3) is 0 Å². The second kappa shape index (κ2) is 3.48. The molecular formula is C7H12O4. The van der Waals surface area contributed by atoms with Crippen LogP contribution >= 0.6 is 0 Å². The minimum absolute atomic E-state index is 0.309. The van der Waals surface area contributed by atoms with E-state index in [4.69, 9.17) is 10.2 Å². The van der Waals surface area contributed by atoms with Crippen molar-refractivity contribution in [1.29, 1.82) is 0 Å². The fourth-order valence-corrected chi connectivity index (χ4v) is 0.623. The molecule has 0 spiro atoms. The maximum atomic E-state index is 10.4. The van der Waals surface area contributed by atoms with Crippen molar-refractivity contribution in [3.63, 3.8) is 0 Å². The van der Waals surface area contributed by atoms with Crippen molar-refractivity contribution in [2.24, 2.45) is 5.41 Å². The molecule has 2 unspecified atom stereocenters. The molecule has 0 bridgehead atoms. The predicted octanol–water partition coefficient (Wildman–Crippen LogP) is 0.0471. The summed E-state index contributed by atoms with van der Waals surface area (Å²) in [5, 5.41) is 17.4. The molecule has 0 heterocycles. The summed E-state index contributed by atoms with van der Waals surface area (Å²) < 4.78 is 0. The Kier molecular flexibility index (Phi) is 3.19. The van der Waals surface area contributed by atoms with Crippen LogP contribution < -0.4 is 0 Å². The minimum Gasteiger partial charge on any atom is -0.479 e. The molecule has 11 heavy (non-hydrogen) atoms. The molecule has 4 nitrogen and oxygen atoms in total. The first kappa shape index (κ1) is 10.1. The minimum atomic E-state index is -1.61. The highest BCUT2D eigenvalue weighted by atomic mass is 16.4. The summed E-state index contributed by atoms with van der Waals surface area (Å²) in [6, 6.07) is 0. The summed E-state index contributed by atoms with van der Waals surface area (Å²) in [5.74, 6) is -1.36. The predicted molar refractivity (Wildman–Crippen MR) is 38.1 cm³/mol. The van der Waals surface area contributed by atoms with Crippen LogP contribution in [0.4, 0.5) is 0 Å². The van der Waals surface area contributed by atoms with Crippen molar-refractivity contribution >= 4 is 12.3 Å². The largest absolute Gasteiger partial charge is 0.479 e. The van der Waals surface area contributed by atoms with Crippen LogP contribution in [0, 0.1) is 5.41 Å². The van der Waals surface area contributed by atoms with E-state index in [-0.39, 0.29) is 0 Å². The van der Waals surface area contributed by atoms with Gasteiger partial charge in [0.25, 0.3) is 0 Å². The van der Waals surface area contributed by atoms with Gasteiger partial charge in [-0.25, -0.2) is 4.79 Å². The quantitative estimate of drug-likeness (QED) is 0.570. The molecule has 0 saturated carbocycles. The van der Waals surface area contributed by atoms with Gasteiger partial charge in [0.15, 0.2) is 6.10 Å². The van der Waals surface area contributed by atoms with Crippen molar-refractivity contribution < 1.29 is 19.8 Å².